The Morgan fingerprint density at radius 2 is 2.11 bits per heavy atom. The van der Waals surface area contributed by atoms with Crippen LogP contribution < -0.4 is 10.2 Å². The van der Waals surface area contributed by atoms with Crippen molar-refractivity contribution in [2.45, 2.75) is 30.8 Å². The number of hydrogen-bond donors (Lipinski definition) is 2. The molecule has 0 radical (unpaired) electrons. The molecule has 3 heterocycles. The van der Waals surface area contributed by atoms with Crippen LogP contribution in [0.5, 0.6) is 0 Å². The van der Waals surface area contributed by atoms with Gasteiger partial charge in [-0.3, -0.25) is 0 Å². The van der Waals surface area contributed by atoms with Crippen molar-refractivity contribution >= 4 is 22.4 Å². The number of H-pyrrole nitrogens is 1. The van der Waals surface area contributed by atoms with E-state index in [4.69, 9.17) is 0 Å². The molecule has 0 bridgehead atoms. The highest BCUT2D eigenvalue weighted by atomic mass is 15.2. The Balaban J connectivity index is 1.41. The molecule has 2 N–H and O–H groups in total. The third-order valence-electron chi connectivity index (χ3n) is 6.30. The van der Waals surface area contributed by atoms with Crippen molar-refractivity contribution < 1.29 is 0 Å². The predicted molar refractivity (Wildman–Crippen MR) is 112 cm³/mol. The fourth-order valence-corrected chi connectivity index (χ4v) is 5.02. The number of rotatable bonds is 3. The fraction of sp³-hybridized carbons (Fsp3) is 0.409. The summed E-state index contributed by atoms with van der Waals surface area (Å²) in [6, 6.07) is 12.0. The van der Waals surface area contributed by atoms with Gasteiger partial charge >= 0.3 is 0 Å². The first-order valence-corrected chi connectivity index (χ1v) is 9.79. The Bertz CT molecular complexity index is 958. The largest absolute Gasteiger partial charge is 0.380 e. The van der Waals surface area contributed by atoms with Crippen LogP contribution >= 0.6 is 0 Å². The van der Waals surface area contributed by atoms with Gasteiger partial charge in [0.1, 0.15) is 5.82 Å². The second-order valence-electron chi connectivity index (χ2n) is 8.28. The van der Waals surface area contributed by atoms with Crippen molar-refractivity contribution in [2.75, 3.05) is 37.9 Å². The highest BCUT2D eigenvalue weighted by Gasteiger charge is 2.39. The molecule has 2 aromatic heterocycles. The Labute approximate surface area is 160 Å². The first-order chi connectivity index (χ1) is 13.1. The normalized spacial score (nSPS) is 24.6. The third kappa shape index (κ3) is 2.77. The van der Waals surface area contributed by atoms with Crippen LogP contribution in [-0.4, -0.2) is 54.6 Å². The highest BCUT2D eigenvalue weighted by molar-refractivity contribution is 5.88. The maximum Gasteiger partial charge on any atom is 0.128 e. The van der Waals surface area contributed by atoms with Gasteiger partial charge in [-0.25, -0.2) is 4.98 Å². The second-order valence-corrected chi connectivity index (χ2v) is 8.28. The first-order valence-electron chi connectivity index (χ1n) is 9.79. The average molecular weight is 361 g/mol. The molecule has 1 aromatic carbocycles. The van der Waals surface area contributed by atoms with Gasteiger partial charge in [-0.2, -0.15) is 0 Å². The van der Waals surface area contributed by atoms with E-state index >= 15 is 0 Å². The van der Waals surface area contributed by atoms with Crippen LogP contribution in [0.2, 0.25) is 0 Å². The third-order valence-corrected chi connectivity index (χ3v) is 6.30. The van der Waals surface area contributed by atoms with Gasteiger partial charge in [-0.05, 0) is 49.2 Å². The number of anilines is 2. The molecule has 140 valence electrons. The molecule has 0 saturated carbocycles. The number of likely N-dealkylation sites (N-methyl/N-ethyl adjacent to an activating group) is 1. The average Bonchev–Trinajstić information content (AvgIpc) is 3.08. The van der Waals surface area contributed by atoms with E-state index in [0.29, 0.717) is 18.0 Å². The zero-order valence-electron chi connectivity index (χ0n) is 16.2. The summed E-state index contributed by atoms with van der Waals surface area (Å²) >= 11 is 0. The molecule has 27 heavy (non-hydrogen) atoms. The summed E-state index contributed by atoms with van der Waals surface area (Å²) in [6.07, 6.45) is 6.46. The Morgan fingerprint density at radius 3 is 2.89 bits per heavy atom. The zero-order chi connectivity index (χ0) is 18.5. The van der Waals surface area contributed by atoms with E-state index in [1.165, 1.54) is 22.0 Å². The summed E-state index contributed by atoms with van der Waals surface area (Å²) in [5, 5.41) is 5.19. The summed E-state index contributed by atoms with van der Waals surface area (Å²) in [6.45, 7) is 1.06. The van der Waals surface area contributed by atoms with E-state index in [0.717, 1.165) is 30.9 Å². The number of benzene rings is 1. The van der Waals surface area contributed by atoms with Gasteiger partial charge in [-0.15, -0.1) is 0 Å². The molecule has 1 aliphatic carbocycles. The Kier molecular flexibility index (Phi) is 3.86. The fourth-order valence-electron chi connectivity index (χ4n) is 5.02. The van der Waals surface area contributed by atoms with Gasteiger partial charge in [0.2, 0.25) is 0 Å². The molecule has 3 aromatic rings. The van der Waals surface area contributed by atoms with E-state index in [1.807, 2.05) is 25.2 Å². The quantitative estimate of drug-likeness (QED) is 0.750. The summed E-state index contributed by atoms with van der Waals surface area (Å²) in [4.78, 5) is 12.6. The molecule has 1 unspecified atom stereocenters. The molecule has 5 rings (SSSR count). The number of nitrogens with one attached hydrogen (secondary N) is 2. The van der Waals surface area contributed by atoms with Crippen LogP contribution in [0, 0.1) is 0 Å². The predicted octanol–water partition coefficient (Wildman–Crippen LogP) is 3.45. The number of aromatic nitrogens is 2. The summed E-state index contributed by atoms with van der Waals surface area (Å²) in [5.74, 6) is 1.56. The van der Waals surface area contributed by atoms with Crippen molar-refractivity contribution in [3.05, 3.63) is 53.9 Å². The molecule has 1 aliphatic heterocycles. The number of piperidine rings is 1. The summed E-state index contributed by atoms with van der Waals surface area (Å²) < 4.78 is 0. The van der Waals surface area contributed by atoms with Gasteiger partial charge in [0.25, 0.3) is 0 Å². The minimum atomic E-state index is 0.430. The van der Waals surface area contributed by atoms with Crippen LogP contribution in [-0.2, 0) is 6.42 Å². The van der Waals surface area contributed by atoms with E-state index in [2.05, 4.69) is 63.8 Å². The molecule has 5 nitrogen and oxygen atoms in total. The topological polar surface area (TPSA) is 47.2 Å². The van der Waals surface area contributed by atoms with Crippen LogP contribution in [0.4, 0.5) is 11.5 Å². The molecule has 3 atom stereocenters. The van der Waals surface area contributed by atoms with E-state index in [9.17, 15) is 0 Å². The summed E-state index contributed by atoms with van der Waals surface area (Å²) in [5.41, 5.74) is 5.37. The maximum atomic E-state index is 4.54. The maximum absolute atomic E-state index is 4.54. The molecule has 1 fully saturated rings. The molecular weight excluding hydrogens is 334 g/mol. The lowest BCUT2D eigenvalue weighted by Crippen LogP contribution is -2.51. The Morgan fingerprint density at radius 1 is 1.22 bits per heavy atom. The van der Waals surface area contributed by atoms with Crippen LogP contribution in [0.25, 0.3) is 10.9 Å². The molecule has 0 amide bonds. The van der Waals surface area contributed by atoms with Gasteiger partial charge in [-0.1, -0.05) is 12.1 Å². The number of fused-ring (bicyclic) bond motifs is 2. The number of aromatic amines is 1. The van der Waals surface area contributed by atoms with Crippen molar-refractivity contribution in [2.24, 2.45) is 0 Å². The molecular formula is C22H27N5. The second kappa shape index (κ2) is 6.27. The van der Waals surface area contributed by atoms with Crippen molar-refractivity contribution in [1.82, 2.24) is 14.9 Å². The molecule has 5 heteroatoms. The standard InChI is InChI=1S/C22H27N5/c1-26(2)21-8-7-15(12-24-21)25-16-10-18-17-5-4-6-19-22(17)14(11-23-19)9-20(18)27(3)13-16/h4-8,11-12,16,18,20,23,25H,9-10,13H2,1-3H3/t16-,18?,20-/m1/s1. The number of hydrogen-bond acceptors (Lipinski definition) is 4. The first kappa shape index (κ1) is 16.6. The number of likely N-dealkylation sites (tertiary alicyclic amines) is 1. The van der Waals surface area contributed by atoms with Crippen molar-refractivity contribution in [3.63, 3.8) is 0 Å². The lowest BCUT2D eigenvalue weighted by atomic mass is 9.74. The number of pyridine rings is 1. The zero-order valence-corrected chi connectivity index (χ0v) is 16.2. The van der Waals surface area contributed by atoms with Crippen LogP contribution in [0.15, 0.2) is 42.7 Å². The number of nitrogens with zero attached hydrogens (tertiary/aromatic N) is 3. The smallest absolute Gasteiger partial charge is 0.128 e. The van der Waals surface area contributed by atoms with E-state index in [-0.39, 0.29) is 0 Å². The lowest BCUT2D eigenvalue weighted by molar-refractivity contribution is 0.147. The van der Waals surface area contributed by atoms with Gasteiger partial charge in [0.05, 0.1) is 11.9 Å². The van der Waals surface area contributed by atoms with Crippen LogP contribution in [0.3, 0.4) is 0 Å². The van der Waals surface area contributed by atoms with Gasteiger partial charge in [0, 0.05) is 55.7 Å². The van der Waals surface area contributed by atoms with Crippen LogP contribution in [0.1, 0.15) is 23.5 Å². The lowest BCUT2D eigenvalue weighted by Gasteiger charge is -2.46. The van der Waals surface area contributed by atoms with E-state index < -0.39 is 0 Å². The SMILES string of the molecule is CN(C)c1ccc(N[C@@H]2CC3c4cccc5[nH]cc(c45)C[C@H]3N(C)C2)cn1. The molecule has 0 spiro atoms. The van der Waals surface area contributed by atoms with Crippen molar-refractivity contribution in [3.8, 4) is 0 Å². The van der Waals surface area contributed by atoms with E-state index in [1.54, 1.807) is 0 Å². The minimum absolute atomic E-state index is 0.430. The van der Waals surface area contributed by atoms with Gasteiger partial charge < -0.3 is 20.1 Å². The Hall–Kier alpha value is -2.53. The van der Waals surface area contributed by atoms with Gasteiger partial charge in [0.15, 0.2) is 0 Å². The molecule has 1 saturated heterocycles. The minimum Gasteiger partial charge on any atom is -0.380 e. The highest BCUT2D eigenvalue weighted by Crippen LogP contribution is 2.43. The van der Waals surface area contributed by atoms with Crippen molar-refractivity contribution in [1.29, 1.82) is 0 Å². The molecule has 2 aliphatic rings. The summed E-state index contributed by atoms with van der Waals surface area (Å²) in [7, 11) is 6.31. The monoisotopic (exact) mass is 361 g/mol.